The largest absolute Gasteiger partial charge is 0.489 e. The molecule has 0 atom stereocenters. The number of ether oxygens (including phenoxy) is 1. The molecule has 1 N–H and O–H groups in total. The molecule has 2 rings (SSSR count). The van der Waals surface area contributed by atoms with E-state index in [1.54, 1.807) is 18.2 Å². The normalized spacial score (nSPS) is 10.7. The van der Waals surface area contributed by atoms with Crippen LogP contribution in [0.15, 0.2) is 54.6 Å². The van der Waals surface area contributed by atoms with Crippen molar-refractivity contribution in [3.63, 3.8) is 0 Å². The van der Waals surface area contributed by atoms with E-state index in [9.17, 15) is 9.18 Å². The smallest absolute Gasteiger partial charge is 0.328 e. The summed E-state index contributed by atoms with van der Waals surface area (Å²) in [6.07, 6.45) is 2.58. The van der Waals surface area contributed by atoms with Gasteiger partial charge in [0.25, 0.3) is 0 Å². The van der Waals surface area contributed by atoms with E-state index < -0.39 is 5.97 Å². The van der Waals surface area contributed by atoms with Gasteiger partial charge in [0.1, 0.15) is 18.2 Å². The van der Waals surface area contributed by atoms with Gasteiger partial charge in [-0.15, -0.1) is 0 Å². The summed E-state index contributed by atoms with van der Waals surface area (Å²) in [7, 11) is 0. The van der Waals surface area contributed by atoms with Crippen LogP contribution < -0.4 is 4.74 Å². The van der Waals surface area contributed by atoms with Crippen LogP contribution in [0, 0.1) is 5.82 Å². The summed E-state index contributed by atoms with van der Waals surface area (Å²) in [5, 5.41) is 8.58. The van der Waals surface area contributed by atoms with Gasteiger partial charge in [0.2, 0.25) is 0 Å². The first-order valence-corrected chi connectivity index (χ1v) is 6.02. The second kappa shape index (κ2) is 6.52. The van der Waals surface area contributed by atoms with Crippen LogP contribution in [0.2, 0.25) is 0 Å². The highest BCUT2D eigenvalue weighted by molar-refractivity contribution is 5.85. The maximum Gasteiger partial charge on any atom is 0.328 e. The van der Waals surface area contributed by atoms with Gasteiger partial charge in [-0.2, -0.15) is 0 Å². The standard InChI is InChI=1S/C16H13FO3/c17-14-5-2-6-15(10-14)20-11-13-4-1-3-12(9-13)7-8-16(18)19/h1-10H,11H2,(H,18,19). The molecule has 0 aliphatic rings. The van der Waals surface area contributed by atoms with Crippen molar-refractivity contribution in [2.45, 2.75) is 6.61 Å². The summed E-state index contributed by atoms with van der Waals surface area (Å²) in [5.74, 6) is -0.886. The summed E-state index contributed by atoms with van der Waals surface area (Å²) in [6.45, 7) is 0.290. The average molecular weight is 272 g/mol. The monoisotopic (exact) mass is 272 g/mol. The van der Waals surface area contributed by atoms with E-state index in [4.69, 9.17) is 9.84 Å². The molecule has 2 aromatic carbocycles. The Morgan fingerprint density at radius 3 is 2.75 bits per heavy atom. The SMILES string of the molecule is O=C(O)C=Cc1cccc(COc2cccc(F)c2)c1. The van der Waals surface area contributed by atoms with Crippen molar-refractivity contribution in [2.24, 2.45) is 0 Å². The molecule has 0 spiro atoms. The third-order valence-corrected chi connectivity index (χ3v) is 2.57. The number of carbonyl (C=O) groups is 1. The van der Waals surface area contributed by atoms with E-state index in [0.29, 0.717) is 5.75 Å². The number of carboxylic acids is 1. The fraction of sp³-hybridized carbons (Fsp3) is 0.0625. The molecule has 0 amide bonds. The van der Waals surface area contributed by atoms with Gasteiger partial charge < -0.3 is 9.84 Å². The molecular weight excluding hydrogens is 259 g/mol. The lowest BCUT2D eigenvalue weighted by atomic mass is 10.1. The maximum atomic E-state index is 13.0. The number of hydrogen-bond donors (Lipinski definition) is 1. The molecule has 4 heteroatoms. The van der Waals surface area contributed by atoms with E-state index in [-0.39, 0.29) is 12.4 Å². The fourth-order valence-electron chi connectivity index (χ4n) is 1.68. The summed E-state index contributed by atoms with van der Waals surface area (Å²) >= 11 is 0. The highest BCUT2D eigenvalue weighted by atomic mass is 19.1. The number of carboxylic acid groups (broad SMARTS) is 1. The Labute approximate surface area is 115 Å². The van der Waals surface area contributed by atoms with Crippen LogP contribution in [0.4, 0.5) is 4.39 Å². The minimum Gasteiger partial charge on any atom is -0.489 e. The number of benzene rings is 2. The lowest BCUT2D eigenvalue weighted by Gasteiger charge is -2.07. The molecule has 0 aromatic heterocycles. The van der Waals surface area contributed by atoms with Gasteiger partial charge in [-0.25, -0.2) is 9.18 Å². The summed E-state index contributed by atoms with van der Waals surface area (Å²) < 4.78 is 18.5. The van der Waals surface area contributed by atoms with Crippen LogP contribution in [-0.4, -0.2) is 11.1 Å². The van der Waals surface area contributed by atoms with E-state index >= 15 is 0 Å². The fourth-order valence-corrected chi connectivity index (χ4v) is 1.68. The van der Waals surface area contributed by atoms with Crippen molar-refractivity contribution in [3.8, 4) is 5.75 Å². The summed E-state index contributed by atoms with van der Waals surface area (Å²) in [6, 6.07) is 13.2. The minimum atomic E-state index is -0.994. The van der Waals surface area contributed by atoms with Crippen molar-refractivity contribution >= 4 is 12.0 Å². The number of hydrogen-bond acceptors (Lipinski definition) is 2. The Kier molecular flexibility index (Phi) is 4.50. The van der Waals surface area contributed by atoms with Gasteiger partial charge in [-0.1, -0.05) is 24.3 Å². The van der Waals surface area contributed by atoms with E-state index in [2.05, 4.69) is 0 Å². The molecule has 0 unspecified atom stereocenters. The molecule has 2 aromatic rings. The first-order valence-electron chi connectivity index (χ1n) is 6.02. The van der Waals surface area contributed by atoms with Crippen molar-refractivity contribution in [1.29, 1.82) is 0 Å². The van der Waals surface area contributed by atoms with E-state index in [1.165, 1.54) is 18.2 Å². The zero-order valence-electron chi connectivity index (χ0n) is 10.6. The highest BCUT2D eigenvalue weighted by Crippen LogP contribution is 2.15. The maximum absolute atomic E-state index is 13.0. The molecule has 0 heterocycles. The van der Waals surface area contributed by atoms with Crippen molar-refractivity contribution in [3.05, 3.63) is 71.6 Å². The van der Waals surface area contributed by atoms with Crippen LogP contribution in [0.1, 0.15) is 11.1 Å². The number of aliphatic carboxylic acids is 1. The zero-order chi connectivity index (χ0) is 14.4. The average Bonchev–Trinajstić information content (AvgIpc) is 2.43. The number of rotatable bonds is 5. The second-order valence-corrected chi connectivity index (χ2v) is 4.16. The molecule has 0 aliphatic heterocycles. The molecule has 20 heavy (non-hydrogen) atoms. The van der Waals surface area contributed by atoms with Crippen LogP contribution in [0.3, 0.4) is 0 Å². The van der Waals surface area contributed by atoms with Gasteiger partial charge in [0.15, 0.2) is 0 Å². The lowest BCUT2D eigenvalue weighted by Crippen LogP contribution is -1.96. The van der Waals surface area contributed by atoms with Gasteiger partial charge >= 0.3 is 5.97 Å². The van der Waals surface area contributed by atoms with Gasteiger partial charge in [-0.05, 0) is 35.4 Å². The molecule has 0 radical (unpaired) electrons. The van der Waals surface area contributed by atoms with Gasteiger partial charge in [0, 0.05) is 12.1 Å². The first-order chi connectivity index (χ1) is 9.63. The second-order valence-electron chi connectivity index (χ2n) is 4.16. The molecule has 0 fully saturated rings. The Bertz CT molecular complexity index is 635. The minimum absolute atomic E-state index is 0.290. The predicted molar refractivity (Wildman–Crippen MR) is 73.8 cm³/mol. The van der Waals surface area contributed by atoms with Gasteiger partial charge in [-0.3, -0.25) is 0 Å². The predicted octanol–water partition coefficient (Wildman–Crippen LogP) is 3.50. The van der Waals surface area contributed by atoms with Crippen LogP contribution in [-0.2, 0) is 11.4 Å². The molecule has 102 valence electrons. The van der Waals surface area contributed by atoms with Crippen LogP contribution in [0.5, 0.6) is 5.75 Å². The molecule has 3 nitrogen and oxygen atoms in total. The van der Waals surface area contributed by atoms with E-state index in [0.717, 1.165) is 17.2 Å². The Balaban J connectivity index is 2.03. The highest BCUT2D eigenvalue weighted by Gasteiger charge is 1.99. The van der Waals surface area contributed by atoms with E-state index in [1.807, 2.05) is 18.2 Å². The van der Waals surface area contributed by atoms with Crippen molar-refractivity contribution in [2.75, 3.05) is 0 Å². The quantitative estimate of drug-likeness (QED) is 0.847. The van der Waals surface area contributed by atoms with Crippen LogP contribution >= 0.6 is 0 Å². The molecule has 0 saturated carbocycles. The third kappa shape index (κ3) is 4.24. The summed E-state index contributed by atoms with van der Waals surface area (Å²) in [4.78, 5) is 10.5. The third-order valence-electron chi connectivity index (χ3n) is 2.57. The van der Waals surface area contributed by atoms with Crippen molar-refractivity contribution < 1.29 is 19.0 Å². The zero-order valence-corrected chi connectivity index (χ0v) is 10.6. The first kappa shape index (κ1) is 13.8. The van der Waals surface area contributed by atoms with Gasteiger partial charge in [0.05, 0.1) is 0 Å². The summed E-state index contributed by atoms with van der Waals surface area (Å²) in [5.41, 5.74) is 1.65. The topological polar surface area (TPSA) is 46.5 Å². The molecule has 0 bridgehead atoms. The molecular formula is C16H13FO3. The number of halogens is 1. The Morgan fingerprint density at radius 1 is 1.20 bits per heavy atom. The molecule has 0 saturated heterocycles. The molecule has 0 aliphatic carbocycles. The Hall–Kier alpha value is -2.62. The lowest BCUT2D eigenvalue weighted by molar-refractivity contribution is -0.131. The van der Waals surface area contributed by atoms with Crippen LogP contribution in [0.25, 0.3) is 6.08 Å². The van der Waals surface area contributed by atoms with Crippen molar-refractivity contribution in [1.82, 2.24) is 0 Å². The Morgan fingerprint density at radius 2 is 2.00 bits per heavy atom.